The quantitative estimate of drug-likeness (QED) is 0.245. The van der Waals surface area contributed by atoms with Crippen LogP contribution in [0.2, 0.25) is 0 Å². The number of unbranched alkanes of at least 4 members (excludes halogenated alkanes) is 4. The number of aromatic hydroxyl groups is 1. The molecule has 196 valence electrons. The van der Waals surface area contributed by atoms with Gasteiger partial charge in [0.05, 0.1) is 0 Å². The van der Waals surface area contributed by atoms with Gasteiger partial charge in [-0.05, 0) is 84.7 Å². The standard InChI is InChI=1S/C29H45O5P.2Na/c1-5-9-13-22-17-24(15-11-7-3)28(30)26(19-22)21-27-20-23(14-10-6-2)18-25(16-12-8-4)29(27)34-35(31,32)33;;/h17-20,30H,5-16,21H2,1-4H3,(H2,31,32,33);;/q;2*+1/p-2. The van der Waals surface area contributed by atoms with Crippen molar-refractivity contribution in [3.05, 3.63) is 57.6 Å². The van der Waals surface area contributed by atoms with E-state index in [0.717, 1.165) is 92.9 Å². The molecule has 0 aliphatic carbocycles. The predicted molar refractivity (Wildman–Crippen MR) is 140 cm³/mol. The van der Waals surface area contributed by atoms with Crippen molar-refractivity contribution in [2.45, 2.75) is 111 Å². The minimum absolute atomic E-state index is 0. The van der Waals surface area contributed by atoms with Gasteiger partial charge in [-0.25, -0.2) is 0 Å². The Hall–Kier alpha value is 0.190. The van der Waals surface area contributed by atoms with Crippen molar-refractivity contribution in [2.24, 2.45) is 0 Å². The van der Waals surface area contributed by atoms with Gasteiger partial charge in [0.1, 0.15) is 19.3 Å². The molecule has 1 N–H and O–H groups in total. The molecule has 0 heterocycles. The average molecular weight is 549 g/mol. The second-order valence-corrected chi connectivity index (χ2v) is 10.7. The topological polar surface area (TPSA) is 92.7 Å². The first-order valence-corrected chi connectivity index (χ1v) is 14.9. The van der Waals surface area contributed by atoms with Crippen LogP contribution in [-0.2, 0) is 36.7 Å². The van der Waals surface area contributed by atoms with Gasteiger partial charge in [0.25, 0.3) is 0 Å². The second kappa shape index (κ2) is 19.3. The zero-order valence-electron chi connectivity index (χ0n) is 24.0. The van der Waals surface area contributed by atoms with Crippen LogP contribution in [0.3, 0.4) is 0 Å². The van der Waals surface area contributed by atoms with Gasteiger partial charge >= 0.3 is 59.1 Å². The summed E-state index contributed by atoms with van der Waals surface area (Å²) >= 11 is 0. The molecule has 0 unspecified atom stereocenters. The van der Waals surface area contributed by atoms with Crippen molar-refractivity contribution >= 4 is 7.82 Å². The molecule has 0 fully saturated rings. The van der Waals surface area contributed by atoms with Crippen LogP contribution in [0.4, 0.5) is 0 Å². The van der Waals surface area contributed by atoms with E-state index in [1.807, 2.05) is 18.2 Å². The first kappa shape index (κ1) is 37.2. The van der Waals surface area contributed by atoms with E-state index in [4.69, 9.17) is 4.52 Å². The summed E-state index contributed by atoms with van der Waals surface area (Å²) in [7, 11) is -5.24. The van der Waals surface area contributed by atoms with Crippen LogP contribution in [-0.4, -0.2) is 5.11 Å². The number of phosphoric acid groups is 1. The number of hydrogen-bond donors (Lipinski definition) is 1. The van der Waals surface area contributed by atoms with Crippen molar-refractivity contribution < 1.29 is 83.1 Å². The minimum Gasteiger partial charge on any atom is -0.780 e. The molecule has 37 heavy (non-hydrogen) atoms. The number of phosphoric ester groups is 1. The van der Waals surface area contributed by atoms with Gasteiger partial charge in [0.2, 0.25) is 0 Å². The normalized spacial score (nSPS) is 11.1. The Balaban J connectivity index is 0.00000648. The Morgan fingerprint density at radius 1 is 0.676 bits per heavy atom. The van der Waals surface area contributed by atoms with Gasteiger partial charge in [-0.3, -0.25) is 0 Å². The Morgan fingerprint density at radius 2 is 1.08 bits per heavy atom. The fourth-order valence-electron chi connectivity index (χ4n) is 4.52. The molecule has 8 heteroatoms. The van der Waals surface area contributed by atoms with E-state index in [-0.39, 0.29) is 70.6 Å². The maximum Gasteiger partial charge on any atom is 1.00 e. The molecular weight excluding hydrogens is 505 g/mol. The number of rotatable bonds is 16. The molecule has 0 saturated heterocycles. The Morgan fingerprint density at radius 3 is 1.57 bits per heavy atom. The van der Waals surface area contributed by atoms with E-state index in [2.05, 4.69) is 33.8 Å². The summed E-state index contributed by atoms with van der Waals surface area (Å²) in [5.41, 5.74) is 5.40. The van der Waals surface area contributed by atoms with Gasteiger partial charge in [-0.15, -0.1) is 0 Å². The summed E-state index contributed by atoms with van der Waals surface area (Å²) < 4.78 is 16.8. The molecule has 0 aromatic heterocycles. The summed E-state index contributed by atoms with van der Waals surface area (Å²) in [5.74, 6) is 0.423. The molecule has 0 spiro atoms. The van der Waals surface area contributed by atoms with E-state index in [1.54, 1.807) is 0 Å². The third-order valence-electron chi connectivity index (χ3n) is 6.45. The van der Waals surface area contributed by atoms with Gasteiger partial charge in [-0.2, -0.15) is 0 Å². The largest absolute Gasteiger partial charge is 1.00 e. The molecule has 2 aromatic carbocycles. The van der Waals surface area contributed by atoms with Gasteiger partial charge in [-0.1, -0.05) is 77.6 Å². The monoisotopic (exact) mass is 548 g/mol. The fraction of sp³-hybridized carbons (Fsp3) is 0.586. The summed E-state index contributed by atoms with van der Waals surface area (Å²) in [6, 6.07) is 8.09. The van der Waals surface area contributed by atoms with Crippen LogP contribution in [0.1, 0.15) is 112 Å². The number of phenols is 1. The number of benzene rings is 2. The zero-order valence-corrected chi connectivity index (χ0v) is 28.9. The Labute approximate surface area is 269 Å². The van der Waals surface area contributed by atoms with Crippen LogP contribution in [0.5, 0.6) is 11.5 Å². The van der Waals surface area contributed by atoms with Crippen LogP contribution in [0.25, 0.3) is 0 Å². The summed E-state index contributed by atoms with van der Waals surface area (Å²) in [5, 5.41) is 11.2. The fourth-order valence-corrected chi connectivity index (χ4v) is 4.98. The molecule has 0 amide bonds. The maximum atomic E-state index is 11.7. The van der Waals surface area contributed by atoms with Gasteiger partial charge < -0.3 is 24.0 Å². The van der Waals surface area contributed by atoms with Crippen LogP contribution < -0.4 is 73.4 Å². The smallest absolute Gasteiger partial charge is 0.780 e. The van der Waals surface area contributed by atoms with Crippen LogP contribution in [0, 0.1) is 0 Å². The van der Waals surface area contributed by atoms with Crippen molar-refractivity contribution in [3.8, 4) is 11.5 Å². The van der Waals surface area contributed by atoms with Crippen LogP contribution >= 0.6 is 7.82 Å². The maximum absolute atomic E-state index is 11.7. The van der Waals surface area contributed by atoms with E-state index in [9.17, 15) is 19.5 Å². The SMILES string of the molecule is CCCCc1cc(CCCC)c(O)c(Cc2cc(CCCC)cc(CCCC)c2OP(=O)([O-])[O-])c1.[Na+].[Na+]. The Kier molecular flexibility index (Phi) is 19.4. The van der Waals surface area contributed by atoms with Gasteiger partial charge in [0.15, 0.2) is 0 Å². The summed E-state index contributed by atoms with van der Waals surface area (Å²) in [4.78, 5) is 23.4. The molecule has 2 aromatic rings. The second-order valence-electron chi connectivity index (χ2n) is 9.64. The van der Waals surface area contributed by atoms with E-state index in [0.29, 0.717) is 18.4 Å². The third-order valence-corrected chi connectivity index (χ3v) is 6.86. The molecule has 0 bridgehead atoms. The van der Waals surface area contributed by atoms with E-state index < -0.39 is 7.82 Å². The van der Waals surface area contributed by atoms with Crippen molar-refractivity contribution in [1.82, 2.24) is 0 Å². The van der Waals surface area contributed by atoms with Crippen LogP contribution in [0.15, 0.2) is 24.3 Å². The molecule has 0 aliphatic rings. The molecule has 0 aliphatic heterocycles. The van der Waals surface area contributed by atoms with E-state index >= 15 is 0 Å². The van der Waals surface area contributed by atoms with Gasteiger partial charge in [0, 0.05) is 6.42 Å². The predicted octanol–water partition coefficient (Wildman–Crippen LogP) is 0.569. The number of aryl methyl sites for hydroxylation is 4. The molecule has 5 nitrogen and oxygen atoms in total. The zero-order chi connectivity index (χ0) is 25.8. The summed E-state index contributed by atoms with van der Waals surface area (Å²) in [6.07, 6.45) is 11.6. The Bertz CT molecular complexity index is 991. The first-order chi connectivity index (χ1) is 16.7. The van der Waals surface area contributed by atoms with E-state index in [1.165, 1.54) is 5.56 Å². The molecule has 2 rings (SSSR count). The first-order valence-electron chi connectivity index (χ1n) is 13.4. The van der Waals surface area contributed by atoms with Crippen molar-refractivity contribution in [1.29, 1.82) is 0 Å². The minimum atomic E-state index is -5.24. The molecule has 0 saturated carbocycles. The summed E-state index contributed by atoms with van der Waals surface area (Å²) in [6.45, 7) is 8.50. The number of hydrogen-bond acceptors (Lipinski definition) is 5. The average Bonchev–Trinajstić information content (AvgIpc) is 2.81. The van der Waals surface area contributed by atoms with Crippen molar-refractivity contribution in [2.75, 3.05) is 0 Å². The number of phenolic OH excluding ortho intramolecular Hbond substituents is 1. The third kappa shape index (κ3) is 12.9. The molecule has 0 radical (unpaired) electrons. The molecular formula is C29H43Na2O5P. The molecule has 0 atom stereocenters. The van der Waals surface area contributed by atoms with Crippen molar-refractivity contribution in [3.63, 3.8) is 0 Å².